The summed E-state index contributed by atoms with van der Waals surface area (Å²) in [6, 6.07) is 0. The maximum absolute atomic E-state index is 5.06. The van der Waals surface area contributed by atoms with E-state index in [-0.39, 0.29) is 0 Å². The van der Waals surface area contributed by atoms with Crippen molar-refractivity contribution in [1.29, 1.82) is 0 Å². The number of rotatable bonds is 4. The lowest BCUT2D eigenvalue weighted by molar-refractivity contribution is 0.433. The van der Waals surface area contributed by atoms with Gasteiger partial charge in [-0.1, -0.05) is 25.6 Å². The zero-order valence-corrected chi connectivity index (χ0v) is 8.00. The summed E-state index contributed by atoms with van der Waals surface area (Å²) in [5.74, 6) is 0. The zero-order valence-electron chi connectivity index (χ0n) is 7.18. The molecule has 0 saturated heterocycles. The average molecular weight is 159 g/mol. The molecule has 0 atom stereocenters. The van der Waals surface area contributed by atoms with Gasteiger partial charge in [0.05, 0.1) is 4.99 Å². The molecule has 0 heterocycles. The summed E-state index contributed by atoms with van der Waals surface area (Å²) in [6.07, 6.45) is 2.50. The summed E-state index contributed by atoms with van der Waals surface area (Å²) in [7, 11) is 0. The Kier molecular flexibility index (Phi) is 5.60. The van der Waals surface area contributed by atoms with E-state index in [1.165, 1.54) is 12.8 Å². The summed E-state index contributed by atoms with van der Waals surface area (Å²) in [5, 5.41) is 0. The molecule has 0 aromatic carbocycles. The van der Waals surface area contributed by atoms with Crippen molar-refractivity contribution in [3.05, 3.63) is 0 Å². The van der Waals surface area contributed by atoms with Gasteiger partial charge in [-0.25, -0.2) is 0 Å². The maximum Gasteiger partial charge on any atom is 0.0747 e. The van der Waals surface area contributed by atoms with Gasteiger partial charge in [-0.05, 0) is 20.3 Å². The molecule has 0 spiro atoms. The highest BCUT2D eigenvalue weighted by atomic mass is 32.1. The molecule has 0 fully saturated rings. The van der Waals surface area contributed by atoms with Crippen LogP contribution in [-0.2, 0) is 0 Å². The molecule has 0 aromatic rings. The van der Waals surface area contributed by atoms with Crippen LogP contribution in [0.4, 0.5) is 0 Å². The van der Waals surface area contributed by atoms with Crippen LogP contribution in [0, 0.1) is 0 Å². The fourth-order valence-electron chi connectivity index (χ4n) is 0.887. The van der Waals surface area contributed by atoms with Crippen molar-refractivity contribution < 1.29 is 0 Å². The van der Waals surface area contributed by atoms with Gasteiger partial charge in [-0.3, -0.25) is 0 Å². The van der Waals surface area contributed by atoms with E-state index in [0.29, 0.717) is 0 Å². The molecule has 0 aromatic heterocycles. The van der Waals surface area contributed by atoms with E-state index in [1.54, 1.807) is 0 Å². The maximum atomic E-state index is 5.06. The minimum atomic E-state index is 1.02. The van der Waals surface area contributed by atoms with Crippen molar-refractivity contribution in [2.24, 2.45) is 0 Å². The second-order valence-corrected chi connectivity index (χ2v) is 3.04. The Morgan fingerprint density at radius 3 is 2.30 bits per heavy atom. The fraction of sp³-hybridized carbons (Fsp3) is 0.875. The number of unbranched alkanes of at least 4 members (excludes halogenated alkanes) is 1. The first-order valence-corrected chi connectivity index (χ1v) is 4.38. The minimum absolute atomic E-state index is 1.02. The quantitative estimate of drug-likeness (QED) is 0.580. The molecule has 0 bridgehead atoms. The van der Waals surface area contributed by atoms with E-state index >= 15 is 0 Å². The number of nitrogens with zero attached hydrogens (tertiary/aromatic N) is 1. The smallest absolute Gasteiger partial charge is 0.0747 e. The third-order valence-electron chi connectivity index (χ3n) is 1.61. The number of hydrogen-bond donors (Lipinski definition) is 0. The Bertz CT molecular complexity index is 101. The molecule has 2 heteroatoms. The average Bonchev–Trinajstić information content (AvgIpc) is 1.89. The summed E-state index contributed by atoms with van der Waals surface area (Å²) in [4.78, 5) is 3.26. The lowest BCUT2D eigenvalue weighted by Crippen LogP contribution is -2.27. The fourth-order valence-corrected chi connectivity index (χ4v) is 1.11. The first kappa shape index (κ1) is 9.89. The lowest BCUT2D eigenvalue weighted by atomic mass is 10.3. The van der Waals surface area contributed by atoms with Crippen LogP contribution < -0.4 is 0 Å². The topological polar surface area (TPSA) is 3.24 Å². The van der Waals surface area contributed by atoms with Gasteiger partial charge in [0.25, 0.3) is 0 Å². The highest BCUT2D eigenvalue weighted by Gasteiger charge is 1.99. The van der Waals surface area contributed by atoms with Crippen molar-refractivity contribution in [2.45, 2.75) is 33.6 Å². The molecule has 0 aliphatic heterocycles. The van der Waals surface area contributed by atoms with E-state index in [9.17, 15) is 0 Å². The lowest BCUT2D eigenvalue weighted by Gasteiger charge is -2.20. The first-order valence-electron chi connectivity index (χ1n) is 3.97. The van der Waals surface area contributed by atoms with Crippen LogP contribution in [0.1, 0.15) is 33.6 Å². The molecule has 0 aliphatic rings. The Hall–Kier alpha value is -0.110. The van der Waals surface area contributed by atoms with Gasteiger partial charge >= 0.3 is 0 Å². The largest absolute Gasteiger partial charge is 0.367 e. The van der Waals surface area contributed by atoms with Crippen molar-refractivity contribution in [2.75, 3.05) is 13.1 Å². The minimum Gasteiger partial charge on any atom is -0.367 e. The monoisotopic (exact) mass is 159 g/mol. The Morgan fingerprint density at radius 2 is 2.00 bits per heavy atom. The van der Waals surface area contributed by atoms with Crippen LogP contribution in [-0.4, -0.2) is 23.0 Å². The van der Waals surface area contributed by atoms with E-state index in [1.807, 2.05) is 6.92 Å². The van der Waals surface area contributed by atoms with Gasteiger partial charge in [0, 0.05) is 13.1 Å². The number of thiocarbonyl (C=S) groups is 1. The van der Waals surface area contributed by atoms with Crippen LogP contribution >= 0.6 is 12.2 Å². The van der Waals surface area contributed by atoms with Crippen LogP contribution in [0.3, 0.4) is 0 Å². The van der Waals surface area contributed by atoms with Crippen LogP contribution in [0.5, 0.6) is 0 Å². The molecule has 0 amide bonds. The van der Waals surface area contributed by atoms with Gasteiger partial charge in [0.2, 0.25) is 0 Å². The van der Waals surface area contributed by atoms with Crippen LogP contribution in [0.25, 0.3) is 0 Å². The van der Waals surface area contributed by atoms with Gasteiger partial charge < -0.3 is 4.90 Å². The summed E-state index contributed by atoms with van der Waals surface area (Å²) < 4.78 is 0. The molecule has 0 unspecified atom stereocenters. The van der Waals surface area contributed by atoms with Gasteiger partial charge in [-0.15, -0.1) is 0 Å². The molecular weight excluding hydrogens is 142 g/mol. The van der Waals surface area contributed by atoms with E-state index in [2.05, 4.69) is 18.7 Å². The molecule has 0 rings (SSSR count). The Balaban J connectivity index is 3.50. The predicted octanol–water partition coefficient (Wildman–Crippen LogP) is 2.46. The van der Waals surface area contributed by atoms with E-state index in [0.717, 1.165) is 18.1 Å². The van der Waals surface area contributed by atoms with E-state index in [4.69, 9.17) is 12.2 Å². The SMILES string of the molecule is CCCCN(CC)C(C)=S. The van der Waals surface area contributed by atoms with Crippen molar-refractivity contribution in [3.63, 3.8) is 0 Å². The van der Waals surface area contributed by atoms with Gasteiger partial charge in [-0.2, -0.15) is 0 Å². The zero-order chi connectivity index (χ0) is 7.98. The normalized spacial score (nSPS) is 9.50. The van der Waals surface area contributed by atoms with Crippen molar-refractivity contribution in [1.82, 2.24) is 4.90 Å². The molecule has 60 valence electrons. The summed E-state index contributed by atoms with van der Waals surface area (Å²) in [5.41, 5.74) is 0. The highest BCUT2D eigenvalue weighted by molar-refractivity contribution is 7.80. The number of hydrogen-bond acceptors (Lipinski definition) is 1. The second kappa shape index (κ2) is 5.66. The third-order valence-corrected chi connectivity index (χ3v) is 1.87. The van der Waals surface area contributed by atoms with Crippen molar-refractivity contribution in [3.8, 4) is 0 Å². The highest BCUT2D eigenvalue weighted by Crippen LogP contribution is 1.95. The van der Waals surface area contributed by atoms with Gasteiger partial charge in [0.1, 0.15) is 0 Å². The summed E-state index contributed by atoms with van der Waals surface area (Å²) >= 11 is 5.06. The van der Waals surface area contributed by atoms with Crippen LogP contribution in [0.2, 0.25) is 0 Å². The first-order chi connectivity index (χ1) is 4.72. The molecule has 1 nitrogen and oxygen atoms in total. The standard InChI is InChI=1S/C8H17NS/c1-4-6-7-9(5-2)8(3)10/h4-7H2,1-3H3. The van der Waals surface area contributed by atoms with Crippen LogP contribution in [0.15, 0.2) is 0 Å². The molecule has 0 N–H and O–H groups in total. The second-order valence-electron chi connectivity index (χ2n) is 2.45. The molecule has 0 radical (unpaired) electrons. The molecule has 0 saturated carbocycles. The molecular formula is C8H17NS. The molecule has 0 aliphatic carbocycles. The predicted molar refractivity (Wildman–Crippen MR) is 50.4 cm³/mol. The van der Waals surface area contributed by atoms with E-state index < -0.39 is 0 Å². The Morgan fingerprint density at radius 1 is 1.40 bits per heavy atom. The third kappa shape index (κ3) is 3.83. The van der Waals surface area contributed by atoms with Crippen molar-refractivity contribution >= 4 is 17.2 Å². The summed E-state index contributed by atoms with van der Waals surface area (Å²) in [6.45, 7) is 8.52. The Labute approximate surface area is 69.4 Å². The molecule has 10 heavy (non-hydrogen) atoms. The van der Waals surface area contributed by atoms with Gasteiger partial charge in [0.15, 0.2) is 0 Å².